The lowest BCUT2D eigenvalue weighted by Crippen LogP contribution is -2.46. The maximum absolute atomic E-state index is 13.2. The molecule has 0 rings (SSSR count). The first-order valence-corrected chi connectivity index (χ1v) is 27.1. The fraction of sp³-hybridized carbons (Fsp3) is 0.789. The highest BCUT2D eigenvalue weighted by Gasteiger charge is 2.24. The highest BCUT2D eigenvalue weighted by Crippen LogP contribution is 2.18. The van der Waals surface area contributed by atoms with Gasteiger partial charge in [-0.25, -0.2) is 0 Å². The molecule has 0 aliphatic carbocycles. The lowest BCUT2D eigenvalue weighted by Gasteiger charge is -2.24. The maximum atomic E-state index is 13.2. The lowest BCUT2D eigenvalue weighted by molar-refractivity contribution is -0.151. The Labute approximate surface area is 390 Å². The number of ether oxygens (including phenoxy) is 1. The summed E-state index contributed by atoms with van der Waals surface area (Å²) < 4.78 is 5.90. The Kier molecular flexibility index (Phi) is 48.6. The molecular weight excluding hydrogens is 779 g/mol. The lowest BCUT2D eigenvalue weighted by atomic mass is 10.0. The molecule has 6 heteroatoms. The van der Waals surface area contributed by atoms with Crippen molar-refractivity contribution in [2.75, 3.05) is 6.61 Å². The van der Waals surface area contributed by atoms with Crippen LogP contribution >= 0.6 is 0 Å². The minimum Gasteiger partial charge on any atom is -0.462 e. The van der Waals surface area contributed by atoms with Gasteiger partial charge in [-0.2, -0.15) is 0 Å². The number of aliphatic hydroxyl groups excluding tert-OH is 2. The monoisotopic (exact) mass is 882 g/mol. The Morgan fingerprint density at radius 3 is 1.27 bits per heavy atom. The van der Waals surface area contributed by atoms with E-state index in [4.69, 9.17) is 4.74 Å². The number of hydrogen-bond acceptors (Lipinski definition) is 5. The predicted molar refractivity (Wildman–Crippen MR) is 273 cm³/mol. The van der Waals surface area contributed by atoms with Gasteiger partial charge in [0.1, 0.15) is 6.10 Å². The van der Waals surface area contributed by atoms with Crippen LogP contribution in [0.3, 0.4) is 0 Å². The number of carbonyl (C=O) groups is 2. The smallest absolute Gasteiger partial charge is 0.306 e. The number of nitrogens with one attached hydrogen (secondary N) is 1. The van der Waals surface area contributed by atoms with Gasteiger partial charge in [-0.15, -0.1) is 0 Å². The van der Waals surface area contributed by atoms with E-state index in [1.165, 1.54) is 161 Å². The number of amides is 1. The Hall–Kier alpha value is -2.44. The van der Waals surface area contributed by atoms with Crippen LogP contribution in [0.4, 0.5) is 0 Å². The summed E-state index contributed by atoms with van der Waals surface area (Å²) in [6.07, 6.45) is 62.9. The number of unbranched alkanes of at least 4 members (excludes halogenated alkanes) is 30. The van der Waals surface area contributed by atoms with Crippen molar-refractivity contribution in [3.8, 4) is 0 Å². The van der Waals surface area contributed by atoms with Gasteiger partial charge in [0.05, 0.1) is 25.2 Å². The summed E-state index contributed by atoms with van der Waals surface area (Å²) in [4.78, 5) is 26.2. The maximum Gasteiger partial charge on any atom is 0.306 e. The molecule has 0 fully saturated rings. The number of aliphatic hydroxyl groups is 2. The van der Waals surface area contributed by atoms with Crippen LogP contribution in [0.5, 0.6) is 0 Å². The molecule has 0 radical (unpaired) electrons. The zero-order valence-corrected chi connectivity index (χ0v) is 41.7. The molecule has 0 saturated carbocycles. The number of rotatable bonds is 48. The van der Waals surface area contributed by atoms with Gasteiger partial charge in [-0.3, -0.25) is 9.59 Å². The zero-order valence-electron chi connectivity index (χ0n) is 41.7. The minimum atomic E-state index is -0.807. The van der Waals surface area contributed by atoms with E-state index in [1.807, 2.05) is 48.6 Å². The van der Waals surface area contributed by atoms with Crippen molar-refractivity contribution < 1.29 is 24.5 Å². The van der Waals surface area contributed by atoms with Gasteiger partial charge in [0.25, 0.3) is 0 Å². The number of allylic oxidation sites excluding steroid dienone is 10. The van der Waals surface area contributed by atoms with Gasteiger partial charge >= 0.3 is 5.97 Å². The van der Waals surface area contributed by atoms with E-state index in [1.54, 1.807) is 0 Å². The average molecular weight is 882 g/mol. The van der Waals surface area contributed by atoms with Crippen LogP contribution in [0.15, 0.2) is 60.8 Å². The van der Waals surface area contributed by atoms with Crippen molar-refractivity contribution >= 4 is 11.9 Å². The first-order valence-electron chi connectivity index (χ1n) is 27.1. The molecule has 3 unspecified atom stereocenters. The van der Waals surface area contributed by atoms with E-state index in [2.05, 4.69) is 38.2 Å². The van der Waals surface area contributed by atoms with Crippen LogP contribution in [-0.2, 0) is 14.3 Å². The van der Waals surface area contributed by atoms with Gasteiger partial charge in [0.2, 0.25) is 5.91 Å². The summed E-state index contributed by atoms with van der Waals surface area (Å²) in [5.41, 5.74) is 0. The summed E-state index contributed by atoms with van der Waals surface area (Å²) in [6.45, 7) is 6.34. The Morgan fingerprint density at radius 2 is 0.857 bits per heavy atom. The molecule has 6 nitrogen and oxygen atoms in total. The van der Waals surface area contributed by atoms with E-state index >= 15 is 0 Å². The molecule has 0 aromatic rings. The Morgan fingerprint density at radius 1 is 0.476 bits per heavy atom. The molecule has 0 spiro atoms. The summed E-state index contributed by atoms with van der Waals surface area (Å²) in [5, 5.41) is 23.8. The highest BCUT2D eigenvalue weighted by atomic mass is 16.5. The molecule has 0 aliphatic rings. The first-order chi connectivity index (χ1) is 31.0. The minimum absolute atomic E-state index is 0.0300. The van der Waals surface area contributed by atoms with E-state index < -0.39 is 18.2 Å². The van der Waals surface area contributed by atoms with Crippen molar-refractivity contribution in [3.05, 3.63) is 60.8 Å². The normalized spacial score (nSPS) is 13.7. The number of carbonyl (C=O) groups excluding carboxylic acids is 2. The predicted octanol–water partition coefficient (Wildman–Crippen LogP) is 16.4. The van der Waals surface area contributed by atoms with Crippen LogP contribution in [0.2, 0.25) is 0 Å². The van der Waals surface area contributed by atoms with E-state index in [0.29, 0.717) is 19.3 Å². The molecule has 63 heavy (non-hydrogen) atoms. The van der Waals surface area contributed by atoms with E-state index in [9.17, 15) is 19.8 Å². The summed E-state index contributed by atoms with van der Waals surface area (Å²) in [7, 11) is 0. The van der Waals surface area contributed by atoms with Crippen LogP contribution in [0, 0.1) is 0 Å². The van der Waals surface area contributed by atoms with Crippen LogP contribution in [0.25, 0.3) is 0 Å². The largest absolute Gasteiger partial charge is 0.462 e. The molecular formula is C57H103NO5. The fourth-order valence-corrected chi connectivity index (χ4v) is 8.16. The fourth-order valence-electron chi connectivity index (χ4n) is 8.16. The zero-order chi connectivity index (χ0) is 45.9. The van der Waals surface area contributed by atoms with Gasteiger partial charge in [0.15, 0.2) is 0 Å². The van der Waals surface area contributed by atoms with E-state index in [-0.39, 0.29) is 24.9 Å². The summed E-state index contributed by atoms with van der Waals surface area (Å²) in [6, 6.07) is -0.724. The second-order valence-corrected chi connectivity index (χ2v) is 18.4. The number of hydrogen-bond donors (Lipinski definition) is 3. The highest BCUT2D eigenvalue weighted by molar-refractivity contribution is 5.77. The molecule has 1 amide bonds. The molecule has 0 heterocycles. The second-order valence-electron chi connectivity index (χ2n) is 18.4. The van der Waals surface area contributed by atoms with Crippen LogP contribution in [0.1, 0.15) is 265 Å². The molecule has 0 bridgehead atoms. The summed E-state index contributed by atoms with van der Waals surface area (Å²) >= 11 is 0. The van der Waals surface area contributed by atoms with Crippen molar-refractivity contribution in [1.82, 2.24) is 5.32 Å². The topological polar surface area (TPSA) is 95.9 Å². The van der Waals surface area contributed by atoms with Gasteiger partial charge in [-0.1, -0.05) is 274 Å². The molecule has 0 aromatic carbocycles. The second kappa shape index (κ2) is 50.6. The average Bonchev–Trinajstić information content (AvgIpc) is 3.28. The standard InChI is InChI=1S/C57H103NO5/c1-4-7-10-13-16-19-22-25-27-29-31-34-37-40-43-46-49-55(60)54(52-59)58-56(61)51-53(48-45-42-39-36-33-30-24-21-18-15-12-9-6-3)63-57(62)50-47-44-41-38-35-32-28-26-23-20-17-14-11-8-5-2/h9,12,15,18,21,24,30,33,36,39,53-55,59-60H,4-8,10-11,13-14,16-17,19-20,22-23,25-29,31-32,34-35,37-38,40-52H2,1-3H3,(H,58,61)/b12-9+,18-15+,24-21-,33-30-,39-36+. The SMILES string of the molecule is CC/C=C/C=C/C=C\C=C/C=C/CCCC(CC(=O)NC(CO)C(O)CCCCCCCCCCCCCCCCCC)OC(=O)CCCCCCCCCCCCCCCCC. The molecule has 366 valence electrons. The molecule has 0 aromatic heterocycles. The van der Waals surface area contributed by atoms with Gasteiger partial charge in [-0.05, 0) is 38.5 Å². The quantitative estimate of drug-likeness (QED) is 0.0321. The van der Waals surface area contributed by atoms with Gasteiger partial charge in [0, 0.05) is 6.42 Å². The summed E-state index contributed by atoms with van der Waals surface area (Å²) in [5.74, 6) is -0.538. The number of esters is 1. The first kappa shape index (κ1) is 60.6. The van der Waals surface area contributed by atoms with Crippen molar-refractivity contribution in [3.63, 3.8) is 0 Å². The third-order valence-corrected chi connectivity index (χ3v) is 12.2. The van der Waals surface area contributed by atoms with Crippen molar-refractivity contribution in [1.29, 1.82) is 0 Å². The Balaban J connectivity index is 4.60. The van der Waals surface area contributed by atoms with Crippen LogP contribution < -0.4 is 5.32 Å². The van der Waals surface area contributed by atoms with E-state index in [0.717, 1.165) is 57.8 Å². The molecule has 0 aliphatic heterocycles. The third-order valence-electron chi connectivity index (χ3n) is 12.2. The van der Waals surface area contributed by atoms with Crippen LogP contribution in [-0.4, -0.2) is 46.9 Å². The molecule has 0 saturated heterocycles. The molecule has 3 N–H and O–H groups in total. The third kappa shape index (κ3) is 45.9. The molecule has 3 atom stereocenters. The van der Waals surface area contributed by atoms with Crippen molar-refractivity contribution in [2.45, 2.75) is 283 Å². The Bertz CT molecular complexity index is 1130. The van der Waals surface area contributed by atoms with Gasteiger partial charge < -0.3 is 20.3 Å². The van der Waals surface area contributed by atoms with Crippen molar-refractivity contribution in [2.24, 2.45) is 0 Å².